The van der Waals surface area contributed by atoms with Crippen molar-refractivity contribution in [2.75, 3.05) is 0 Å². The second-order valence-corrected chi connectivity index (χ2v) is 9.53. The predicted molar refractivity (Wildman–Crippen MR) is 111 cm³/mol. The number of hydrogen-bond acceptors (Lipinski definition) is 3. The highest BCUT2D eigenvalue weighted by atomic mass is 32.2. The van der Waals surface area contributed by atoms with Crippen molar-refractivity contribution in [2.24, 2.45) is 0 Å². The summed E-state index contributed by atoms with van der Waals surface area (Å²) in [6, 6.07) is 0. The Balaban J connectivity index is 3.38. The smallest absolute Gasteiger partial charge is 0.267 e. The third-order valence-electron chi connectivity index (χ3n) is 5.24. The zero-order valence-corrected chi connectivity index (χ0v) is 18.1. The van der Waals surface area contributed by atoms with Crippen LogP contribution in [0.1, 0.15) is 123 Å². The maximum Gasteiger partial charge on any atom is 0.267 e. The lowest BCUT2D eigenvalue weighted by atomic mass is 10.0. The van der Waals surface area contributed by atoms with Gasteiger partial charge in [0, 0.05) is 0 Å². The summed E-state index contributed by atoms with van der Waals surface area (Å²) in [5.74, 6) is 0. The number of unbranched alkanes of at least 4 members (excludes halogenated alkanes) is 10. The lowest BCUT2D eigenvalue weighted by Gasteiger charge is -2.12. The van der Waals surface area contributed by atoms with E-state index in [0.29, 0.717) is 12.8 Å². The van der Waals surface area contributed by atoms with Gasteiger partial charge in [-0.15, -0.1) is 0 Å². The number of aliphatic hydroxyl groups is 1. The van der Waals surface area contributed by atoms with Gasteiger partial charge in [0.15, 0.2) is 0 Å². The molecule has 0 rings (SSSR count). The van der Waals surface area contributed by atoms with Gasteiger partial charge in [0.2, 0.25) is 0 Å². The normalized spacial score (nSPS) is 14.5. The van der Waals surface area contributed by atoms with Crippen LogP contribution in [0.15, 0.2) is 0 Å². The van der Waals surface area contributed by atoms with E-state index in [1.807, 2.05) is 6.92 Å². The second-order valence-electron chi connectivity index (χ2n) is 7.83. The molecule has 0 amide bonds. The van der Waals surface area contributed by atoms with Crippen LogP contribution in [0.4, 0.5) is 0 Å². The summed E-state index contributed by atoms with van der Waals surface area (Å²) in [6.07, 6.45) is 17.9. The molecule has 0 saturated carbocycles. The minimum absolute atomic E-state index is 0.0901. The maximum absolute atomic E-state index is 11.3. The topological polar surface area (TPSA) is 74.6 Å². The summed E-state index contributed by atoms with van der Waals surface area (Å²) in [7, 11) is -3.87. The van der Waals surface area contributed by atoms with Crippen molar-refractivity contribution in [3.05, 3.63) is 0 Å². The van der Waals surface area contributed by atoms with Crippen molar-refractivity contribution in [1.82, 2.24) is 0 Å². The first-order chi connectivity index (χ1) is 12.4. The Bertz CT molecular complexity index is 395. The average Bonchev–Trinajstić information content (AvgIpc) is 2.58. The summed E-state index contributed by atoms with van der Waals surface area (Å²) >= 11 is 0. The van der Waals surface area contributed by atoms with E-state index in [4.69, 9.17) is 0 Å². The molecule has 0 radical (unpaired) electrons. The molecule has 158 valence electrons. The van der Waals surface area contributed by atoms with Crippen LogP contribution in [0.2, 0.25) is 0 Å². The molecule has 2 unspecified atom stereocenters. The van der Waals surface area contributed by atoms with E-state index in [9.17, 15) is 18.1 Å². The average molecular weight is 393 g/mol. The van der Waals surface area contributed by atoms with Crippen molar-refractivity contribution in [2.45, 2.75) is 134 Å². The lowest BCUT2D eigenvalue weighted by molar-refractivity contribution is 0.148. The molecule has 5 heteroatoms. The van der Waals surface area contributed by atoms with Gasteiger partial charge < -0.3 is 5.11 Å². The summed E-state index contributed by atoms with van der Waals surface area (Å²) in [4.78, 5) is 0. The zero-order chi connectivity index (χ0) is 19.7. The summed E-state index contributed by atoms with van der Waals surface area (Å²) in [6.45, 7) is 4.11. The second kappa shape index (κ2) is 17.0. The number of aliphatic hydroxyl groups excluding tert-OH is 1. The Hall–Kier alpha value is -0.130. The largest absolute Gasteiger partial charge is 0.393 e. The Kier molecular flexibility index (Phi) is 16.9. The Morgan fingerprint density at radius 2 is 1.04 bits per heavy atom. The van der Waals surface area contributed by atoms with Gasteiger partial charge in [-0.3, -0.25) is 4.55 Å². The van der Waals surface area contributed by atoms with Crippen LogP contribution in [-0.2, 0) is 10.1 Å². The first-order valence-electron chi connectivity index (χ1n) is 11.1. The highest BCUT2D eigenvalue weighted by molar-refractivity contribution is 7.86. The van der Waals surface area contributed by atoms with E-state index in [1.165, 1.54) is 38.5 Å². The number of rotatable bonds is 19. The molecule has 0 aromatic rings. The van der Waals surface area contributed by atoms with Gasteiger partial charge in [-0.05, 0) is 25.7 Å². The summed E-state index contributed by atoms with van der Waals surface area (Å²) < 4.78 is 31.7. The van der Waals surface area contributed by atoms with E-state index in [2.05, 4.69) is 6.92 Å². The van der Waals surface area contributed by atoms with Gasteiger partial charge in [-0.1, -0.05) is 97.3 Å². The summed E-state index contributed by atoms with van der Waals surface area (Å²) in [5, 5.41) is 9.22. The van der Waals surface area contributed by atoms with Gasteiger partial charge in [-0.25, -0.2) is 0 Å². The van der Waals surface area contributed by atoms with Gasteiger partial charge in [-0.2, -0.15) is 8.42 Å². The molecule has 4 nitrogen and oxygen atoms in total. The molecule has 0 aromatic carbocycles. The molecule has 0 saturated heterocycles. The van der Waals surface area contributed by atoms with Crippen LogP contribution >= 0.6 is 0 Å². The fraction of sp³-hybridized carbons (Fsp3) is 1.00. The first kappa shape index (κ1) is 25.9. The minimum atomic E-state index is -3.87. The van der Waals surface area contributed by atoms with Crippen LogP contribution in [0.5, 0.6) is 0 Å². The number of hydrogen-bond donors (Lipinski definition) is 2. The maximum atomic E-state index is 11.3. The third kappa shape index (κ3) is 16.1. The van der Waals surface area contributed by atoms with Gasteiger partial charge in [0.1, 0.15) is 0 Å². The molecule has 0 aliphatic heterocycles. The van der Waals surface area contributed by atoms with E-state index in [1.54, 1.807) is 0 Å². The quantitative estimate of drug-likeness (QED) is 0.200. The molecule has 0 heterocycles. The SMILES string of the molecule is CCCCC(O)CCCCCCCCCCCCC(CCC)S(=O)(=O)O. The lowest BCUT2D eigenvalue weighted by Crippen LogP contribution is -2.20. The monoisotopic (exact) mass is 392 g/mol. The van der Waals surface area contributed by atoms with Crippen molar-refractivity contribution in [3.8, 4) is 0 Å². The van der Waals surface area contributed by atoms with E-state index in [0.717, 1.165) is 57.8 Å². The molecule has 0 fully saturated rings. The highest BCUT2D eigenvalue weighted by Crippen LogP contribution is 2.17. The minimum Gasteiger partial charge on any atom is -0.393 e. The highest BCUT2D eigenvalue weighted by Gasteiger charge is 2.20. The van der Waals surface area contributed by atoms with Crippen LogP contribution < -0.4 is 0 Å². The van der Waals surface area contributed by atoms with E-state index in [-0.39, 0.29) is 6.10 Å². The Morgan fingerprint density at radius 1 is 0.615 bits per heavy atom. The molecule has 0 aliphatic carbocycles. The van der Waals surface area contributed by atoms with Gasteiger partial charge in [0.05, 0.1) is 11.4 Å². The van der Waals surface area contributed by atoms with Crippen molar-refractivity contribution < 1.29 is 18.1 Å². The Labute approximate surface area is 162 Å². The molecule has 26 heavy (non-hydrogen) atoms. The molecular weight excluding hydrogens is 348 g/mol. The van der Waals surface area contributed by atoms with Crippen LogP contribution in [0, 0.1) is 0 Å². The van der Waals surface area contributed by atoms with E-state index >= 15 is 0 Å². The van der Waals surface area contributed by atoms with Crippen molar-refractivity contribution >= 4 is 10.1 Å². The van der Waals surface area contributed by atoms with Crippen LogP contribution in [-0.4, -0.2) is 29.4 Å². The standard InChI is InChI=1S/C21H44O4S/c1-3-5-17-20(22)18-14-12-10-8-6-7-9-11-13-15-19-21(16-4-2)26(23,24)25/h20-22H,3-19H2,1-2H3,(H,23,24,25). The van der Waals surface area contributed by atoms with Crippen molar-refractivity contribution in [1.29, 1.82) is 0 Å². The third-order valence-corrected chi connectivity index (χ3v) is 6.55. The van der Waals surface area contributed by atoms with Gasteiger partial charge in [0.25, 0.3) is 10.1 Å². The van der Waals surface area contributed by atoms with Gasteiger partial charge >= 0.3 is 0 Å². The molecule has 0 spiro atoms. The van der Waals surface area contributed by atoms with Crippen LogP contribution in [0.3, 0.4) is 0 Å². The molecule has 2 N–H and O–H groups in total. The zero-order valence-electron chi connectivity index (χ0n) is 17.3. The van der Waals surface area contributed by atoms with E-state index < -0.39 is 15.4 Å². The fourth-order valence-corrected chi connectivity index (χ4v) is 4.51. The molecular formula is C21H44O4S. The predicted octanol–water partition coefficient (Wildman–Crippen LogP) is 6.28. The first-order valence-corrected chi connectivity index (χ1v) is 12.6. The van der Waals surface area contributed by atoms with Crippen molar-refractivity contribution in [3.63, 3.8) is 0 Å². The van der Waals surface area contributed by atoms with Crippen LogP contribution in [0.25, 0.3) is 0 Å². The molecule has 0 aromatic heterocycles. The Morgan fingerprint density at radius 3 is 1.46 bits per heavy atom. The summed E-state index contributed by atoms with van der Waals surface area (Å²) in [5.41, 5.74) is 0. The fourth-order valence-electron chi connectivity index (χ4n) is 3.51. The molecule has 0 bridgehead atoms. The molecule has 0 aliphatic rings. The molecule has 2 atom stereocenters.